The zero-order valence-corrected chi connectivity index (χ0v) is 12.5. The molecule has 1 aromatic heterocycles. The number of aromatic nitrogens is 1. The summed E-state index contributed by atoms with van der Waals surface area (Å²) < 4.78 is 44.8. The normalized spacial score (nSPS) is 12.7. The van der Waals surface area contributed by atoms with Gasteiger partial charge in [-0.05, 0) is 26.0 Å². The summed E-state index contributed by atoms with van der Waals surface area (Å²) in [5.41, 5.74) is -0.181. The Morgan fingerprint density at radius 3 is 2.30 bits per heavy atom. The van der Waals surface area contributed by atoms with Gasteiger partial charge in [0, 0.05) is 5.92 Å². The first-order chi connectivity index (χ1) is 9.18. The number of nitrogens with zero attached hydrogens (tertiary/aromatic N) is 1. The van der Waals surface area contributed by atoms with Crippen molar-refractivity contribution in [3.63, 3.8) is 0 Å². The topological polar surface area (TPSA) is 22.1 Å². The molecule has 2 nitrogen and oxygen atoms in total. The Hall–Kier alpha value is -1.30. The number of benzene rings is 1. The fourth-order valence-electron chi connectivity index (χ4n) is 1.77. The summed E-state index contributed by atoms with van der Waals surface area (Å²) in [7, 11) is 0. The molecule has 0 unspecified atom stereocenters. The Labute approximate surface area is 119 Å². The molecule has 0 saturated heterocycles. The largest absolute Gasteiger partial charge is 0.489 e. The van der Waals surface area contributed by atoms with Gasteiger partial charge in [-0.1, -0.05) is 13.8 Å². The van der Waals surface area contributed by atoms with E-state index in [4.69, 9.17) is 4.74 Å². The van der Waals surface area contributed by atoms with Crippen LogP contribution >= 0.6 is 11.3 Å². The van der Waals surface area contributed by atoms with E-state index in [1.807, 2.05) is 13.8 Å². The SMILES string of the molecule is CC(C)Oc1cc(C(F)(F)F)cc2sc(C(C)C)nc12. The fourth-order valence-corrected chi connectivity index (χ4v) is 2.80. The van der Waals surface area contributed by atoms with Crippen LogP contribution in [0.1, 0.15) is 44.2 Å². The van der Waals surface area contributed by atoms with Crippen molar-refractivity contribution in [1.29, 1.82) is 0 Å². The lowest BCUT2D eigenvalue weighted by atomic mass is 10.2. The Morgan fingerprint density at radius 2 is 1.80 bits per heavy atom. The van der Waals surface area contributed by atoms with Gasteiger partial charge in [0.1, 0.15) is 11.3 Å². The van der Waals surface area contributed by atoms with Crippen molar-refractivity contribution in [2.75, 3.05) is 0 Å². The van der Waals surface area contributed by atoms with Crippen molar-refractivity contribution < 1.29 is 17.9 Å². The third-order valence-electron chi connectivity index (χ3n) is 2.66. The van der Waals surface area contributed by atoms with Gasteiger partial charge in [0.05, 0.1) is 21.4 Å². The van der Waals surface area contributed by atoms with Crippen LogP contribution in [0, 0.1) is 0 Å². The van der Waals surface area contributed by atoms with Crippen LogP contribution < -0.4 is 4.74 Å². The minimum atomic E-state index is -4.38. The minimum absolute atomic E-state index is 0.175. The molecule has 0 aliphatic rings. The molecule has 1 heterocycles. The molecule has 2 rings (SSSR count). The van der Waals surface area contributed by atoms with E-state index in [1.54, 1.807) is 13.8 Å². The zero-order valence-electron chi connectivity index (χ0n) is 11.7. The van der Waals surface area contributed by atoms with Gasteiger partial charge in [0.25, 0.3) is 0 Å². The number of alkyl halides is 3. The molecule has 1 aromatic carbocycles. The third kappa shape index (κ3) is 3.06. The molecule has 0 fully saturated rings. The summed E-state index contributed by atoms with van der Waals surface area (Å²) in [5.74, 6) is 0.376. The third-order valence-corrected chi connectivity index (χ3v) is 3.96. The van der Waals surface area contributed by atoms with E-state index in [-0.39, 0.29) is 17.8 Å². The number of thiazole rings is 1. The van der Waals surface area contributed by atoms with E-state index in [9.17, 15) is 13.2 Å². The van der Waals surface area contributed by atoms with Crippen molar-refractivity contribution in [1.82, 2.24) is 4.98 Å². The fraction of sp³-hybridized carbons (Fsp3) is 0.500. The number of ether oxygens (including phenoxy) is 1. The molecule has 110 valence electrons. The molecule has 0 N–H and O–H groups in total. The molecular formula is C14H16F3NOS. The van der Waals surface area contributed by atoms with E-state index in [2.05, 4.69) is 4.98 Å². The summed E-state index contributed by atoms with van der Waals surface area (Å²) in [6.07, 6.45) is -4.59. The average Bonchev–Trinajstić information content (AvgIpc) is 2.71. The Balaban J connectivity index is 2.65. The molecule has 6 heteroatoms. The summed E-state index contributed by atoms with van der Waals surface area (Å²) >= 11 is 1.29. The van der Waals surface area contributed by atoms with Gasteiger partial charge < -0.3 is 4.74 Å². The second-order valence-electron chi connectivity index (χ2n) is 5.19. The summed E-state index contributed by atoms with van der Waals surface area (Å²) in [4.78, 5) is 4.41. The minimum Gasteiger partial charge on any atom is -0.489 e. The van der Waals surface area contributed by atoms with Crippen molar-refractivity contribution in [2.45, 2.75) is 45.9 Å². The number of fused-ring (bicyclic) bond motifs is 1. The predicted molar refractivity (Wildman–Crippen MR) is 74.5 cm³/mol. The summed E-state index contributed by atoms with van der Waals surface area (Å²) in [6.45, 7) is 7.49. The lowest BCUT2D eigenvalue weighted by Gasteiger charge is -2.13. The maximum Gasteiger partial charge on any atom is 0.416 e. The molecular weight excluding hydrogens is 287 g/mol. The van der Waals surface area contributed by atoms with Crippen molar-refractivity contribution in [3.05, 3.63) is 22.7 Å². The standard InChI is InChI=1S/C14H16F3NOS/c1-7(2)13-18-12-10(19-8(3)4)5-9(14(15,16)17)6-11(12)20-13/h5-8H,1-4H3. The van der Waals surface area contributed by atoms with Crippen LogP contribution in [0.2, 0.25) is 0 Å². The molecule has 20 heavy (non-hydrogen) atoms. The first kappa shape index (κ1) is 15.1. The van der Waals surface area contributed by atoms with Gasteiger partial charge in [0.2, 0.25) is 0 Å². The molecule has 0 aliphatic carbocycles. The lowest BCUT2D eigenvalue weighted by Crippen LogP contribution is -2.09. The van der Waals surface area contributed by atoms with Crippen LogP contribution in [0.15, 0.2) is 12.1 Å². The highest BCUT2D eigenvalue weighted by Crippen LogP contribution is 2.39. The van der Waals surface area contributed by atoms with Crippen molar-refractivity contribution in [3.8, 4) is 5.75 Å². The quantitative estimate of drug-likeness (QED) is 0.775. The van der Waals surface area contributed by atoms with Crippen molar-refractivity contribution >= 4 is 21.6 Å². The molecule has 0 atom stereocenters. The Bertz CT molecular complexity index is 617. The van der Waals surface area contributed by atoms with E-state index >= 15 is 0 Å². The van der Waals surface area contributed by atoms with Gasteiger partial charge in [-0.15, -0.1) is 11.3 Å². The molecule has 0 saturated carbocycles. The Morgan fingerprint density at radius 1 is 1.15 bits per heavy atom. The maximum absolute atomic E-state index is 12.9. The van der Waals surface area contributed by atoms with E-state index in [0.717, 1.165) is 17.1 Å². The molecule has 2 aromatic rings. The Kier molecular flexibility index (Phi) is 3.95. The highest BCUT2D eigenvalue weighted by molar-refractivity contribution is 7.18. The van der Waals surface area contributed by atoms with Gasteiger partial charge in [-0.3, -0.25) is 0 Å². The molecule has 0 spiro atoms. The number of hydrogen-bond donors (Lipinski definition) is 0. The summed E-state index contributed by atoms with van der Waals surface area (Å²) in [5, 5.41) is 0.813. The molecule has 0 bridgehead atoms. The van der Waals surface area contributed by atoms with Gasteiger partial charge in [-0.2, -0.15) is 13.2 Å². The van der Waals surface area contributed by atoms with Crippen LogP contribution in [0.5, 0.6) is 5.75 Å². The number of hydrogen-bond acceptors (Lipinski definition) is 3. The number of rotatable bonds is 3. The molecule has 0 radical (unpaired) electrons. The van der Waals surface area contributed by atoms with Crippen LogP contribution in [-0.4, -0.2) is 11.1 Å². The monoisotopic (exact) mass is 303 g/mol. The second-order valence-corrected chi connectivity index (χ2v) is 6.25. The van der Waals surface area contributed by atoms with Crippen LogP contribution in [0.4, 0.5) is 13.2 Å². The summed E-state index contributed by atoms with van der Waals surface area (Å²) in [6, 6.07) is 2.18. The first-order valence-electron chi connectivity index (χ1n) is 6.37. The lowest BCUT2D eigenvalue weighted by molar-refractivity contribution is -0.137. The van der Waals surface area contributed by atoms with Crippen LogP contribution in [0.25, 0.3) is 10.2 Å². The molecule has 0 aliphatic heterocycles. The van der Waals surface area contributed by atoms with Gasteiger partial charge in [0.15, 0.2) is 0 Å². The zero-order chi connectivity index (χ0) is 15.1. The van der Waals surface area contributed by atoms with Crippen LogP contribution in [-0.2, 0) is 6.18 Å². The smallest absolute Gasteiger partial charge is 0.416 e. The average molecular weight is 303 g/mol. The number of halogens is 3. The van der Waals surface area contributed by atoms with E-state index in [1.165, 1.54) is 11.3 Å². The maximum atomic E-state index is 12.9. The van der Waals surface area contributed by atoms with Crippen molar-refractivity contribution in [2.24, 2.45) is 0 Å². The van der Waals surface area contributed by atoms with E-state index in [0.29, 0.717) is 10.2 Å². The molecule has 0 amide bonds. The van der Waals surface area contributed by atoms with Crippen LogP contribution in [0.3, 0.4) is 0 Å². The predicted octanol–water partition coefficient (Wildman–Crippen LogP) is 5.23. The van der Waals surface area contributed by atoms with E-state index < -0.39 is 11.7 Å². The highest BCUT2D eigenvalue weighted by atomic mass is 32.1. The van der Waals surface area contributed by atoms with Gasteiger partial charge in [-0.25, -0.2) is 4.98 Å². The first-order valence-corrected chi connectivity index (χ1v) is 7.18. The second kappa shape index (κ2) is 5.24. The van der Waals surface area contributed by atoms with Gasteiger partial charge >= 0.3 is 6.18 Å². The highest BCUT2D eigenvalue weighted by Gasteiger charge is 2.32.